The van der Waals surface area contributed by atoms with Gasteiger partial charge in [-0.3, -0.25) is 14.6 Å². The first kappa shape index (κ1) is 17.3. The van der Waals surface area contributed by atoms with Gasteiger partial charge in [0.1, 0.15) is 17.2 Å². The van der Waals surface area contributed by atoms with Gasteiger partial charge in [-0.15, -0.1) is 0 Å². The Labute approximate surface area is 135 Å². The maximum atomic E-state index is 13.9. The second-order valence-corrected chi connectivity index (χ2v) is 5.06. The molecule has 0 spiro atoms. The lowest BCUT2D eigenvalue weighted by Gasteiger charge is -2.11. The zero-order valence-corrected chi connectivity index (χ0v) is 13.1. The molecule has 1 aromatic heterocycles. The van der Waals surface area contributed by atoms with Gasteiger partial charge in [-0.1, -0.05) is 22.9 Å². The zero-order chi connectivity index (χ0) is 17.9. The highest BCUT2D eigenvalue weighted by molar-refractivity contribution is 5.98. The van der Waals surface area contributed by atoms with E-state index in [0.717, 1.165) is 0 Å². The molecule has 0 saturated heterocycles. The molecule has 8 nitrogen and oxygen atoms in total. The van der Waals surface area contributed by atoms with Crippen molar-refractivity contribution in [1.29, 1.82) is 0 Å². The Hall–Kier alpha value is -3.10. The van der Waals surface area contributed by atoms with Crippen LogP contribution in [0.1, 0.15) is 28.4 Å². The highest BCUT2D eigenvalue weighted by Gasteiger charge is 2.20. The number of carbonyl (C=O) groups excluding carboxylic acids is 1. The number of rotatable bonds is 5. The predicted octanol–water partition coefficient (Wildman–Crippen LogP) is 0.583. The number of aryl methyl sites for hydroxylation is 1. The molecule has 1 aromatic carbocycles. The summed E-state index contributed by atoms with van der Waals surface area (Å²) in [4.78, 5) is 37.9. The molecule has 0 fully saturated rings. The average molecular weight is 336 g/mol. The van der Waals surface area contributed by atoms with E-state index in [-0.39, 0.29) is 22.7 Å². The summed E-state index contributed by atoms with van der Waals surface area (Å²) in [7, 11) is 0. The number of nitrogens with one attached hydrogen (secondary N) is 3. The van der Waals surface area contributed by atoms with Crippen LogP contribution in [0.15, 0.2) is 27.8 Å². The minimum Gasteiger partial charge on any atom is -0.421 e. The number of aromatic amines is 1. The molecule has 0 aliphatic heterocycles. The molecule has 0 saturated carbocycles. The monoisotopic (exact) mass is 336 g/mol. The van der Waals surface area contributed by atoms with Crippen LogP contribution in [0.3, 0.4) is 0 Å². The van der Waals surface area contributed by atoms with E-state index in [1.165, 1.54) is 6.07 Å². The molecule has 24 heavy (non-hydrogen) atoms. The number of halogens is 1. The minimum atomic E-state index is -1.17. The second kappa shape index (κ2) is 6.99. The Morgan fingerprint density at radius 3 is 2.75 bits per heavy atom. The first-order valence-electron chi connectivity index (χ1n) is 7.21. The molecule has 0 bridgehead atoms. The first-order valence-corrected chi connectivity index (χ1v) is 7.21. The number of nitrogens with zero attached hydrogens (tertiary/aromatic N) is 1. The number of benzene rings is 1. The van der Waals surface area contributed by atoms with Gasteiger partial charge in [0.15, 0.2) is 0 Å². The SMILES string of the molecule is CCNc1[nH]c(=O)n(O)c(=O)c1C(=O)NCc1cccc(C)c1F. The van der Waals surface area contributed by atoms with Crippen LogP contribution >= 0.6 is 0 Å². The van der Waals surface area contributed by atoms with Crippen LogP contribution in [-0.4, -0.2) is 27.4 Å². The number of hydrogen-bond acceptors (Lipinski definition) is 5. The summed E-state index contributed by atoms with van der Waals surface area (Å²) in [5, 5.41) is 14.5. The van der Waals surface area contributed by atoms with E-state index < -0.39 is 28.5 Å². The van der Waals surface area contributed by atoms with Crippen LogP contribution in [0, 0.1) is 12.7 Å². The summed E-state index contributed by atoms with van der Waals surface area (Å²) in [6, 6.07) is 4.74. The van der Waals surface area contributed by atoms with Gasteiger partial charge in [0, 0.05) is 18.7 Å². The van der Waals surface area contributed by atoms with Gasteiger partial charge >= 0.3 is 11.2 Å². The quantitative estimate of drug-likeness (QED) is 0.596. The molecule has 0 aliphatic rings. The number of amides is 1. The van der Waals surface area contributed by atoms with E-state index in [4.69, 9.17) is 0 Å². The normalized spacial score (nSPS) is 10.5. The Morgan fingerprint density at radius 1 is 1.38 bits per heavy atom. The number of H-pyrrole nitrogens is 1. The lowest BCUT2D eigenvalue weighted by molar-refractivity contribution is 0.0939. The number of aromatic nitrogens is 2. The Morgan fingerprint density at radius 2 is 2.08 bits per heavy atom. The Balaban J connectivity index is 2.33. The number of carbonyl (C=O) groups is 1. The van der Waals surface area contributed by atoms with Crippen LogP contribution in [0.4, 0.5) is 10.2 Å². The van der Waals surface area contributed by atoms with Gasteiger partial charge in [-0.05, 0) is 19.4 Å². The molecule has 0 radical (unpaired) electrons. The van der Waals surface area contributed by atoms with Gasteiger partial charge in [0.2, 0.25) is 0 Å². The van der Waals surface area contributed by atoms with Crippen molar-refractivity contribution in [2.24, 2.45) is 0 Å². The lowest BCUT2D eigenvalue weighted by atomic mass is 10.1. The smallest absolute Gasteiger partial charge is 0.363 e. The zero-order valence-electron chi connectivity index (χ0n) is 13.1. The van der Waals surface area contributed by atoms with Gasteiger partial charge < -0.3 is 15.8 Å². The summed E-state index contributed by atoms with van der Waals surface area (Å²) in [5.74, 6) is -1.42. The van der Waals surface area contributed by atoms with E-state index >= 15 is 0 Å². The van der Waals surface area contributed by atoms with Crippen molar-refractivity contribution in [1.82, 2.24) is 15.0 Å². The minimum absolute atomic E-state index is 0.111. The van der Waals surface area contributed by atoms with E-state index in [1.807, 2.05) is 0 Å². The fraction of sp³-hybridized carbons (Fsp3) is 0.267. The lowest BCUT2D eigenvalue weighted by Crippen LogP contribution is -2.41. The molecule has 2 aromatic rings. The van der Waals surface area contributed by atoms with Crippen molar-refractivity contribution in [3.05, 3.63) is 61.5 Å². The third kappa shape index (κ3) is 3.29. The maximum absolute atomic E-state index is 13.9. The second-order valence-electron chi connectivity index (χ2n) is 5.06. The topological polar surface area (TPSA) is 116 Å². The van der Waals surface area contributed by atoms with Crippen molar-refractivity contribution >= 4 is 11.7 Å². The predicted molar refractivity (Wildman–Crippen MR) is 85.0 cm³/mol. The van der Waals surface area contributed by atoms with Crippen molar-refractivity contribution in [3.8, 4) is 0 Å². The molecule has 0 aliphatic carbocycles. The molecule has 128 valence electrons. The highest BCUT2D eigenvalue weighted by atomic mass is 19.1. The highest BCUT2D eigenvalue weighted by Crippen LogP contribution is 2.12. The van der Waals surface area contributed by atoms with E-state index in [9.17, 15) is 24.0 Å². The first-order chi connectivity index (χ1) is 11.4. The van der Waals surface area contributed by atoms with E-state index in [0.29, 0.717) is 12.1 Å². The largest absolute Gasteiger partial charge is 0.421 e. The Bertz CT molecular complexity index is 888. The number of hydrogen-bond donors (Lipinski definition) is 4. The van der Waals surface area contributed by atoms with E-state index in [1.54, 1.807) is 26.0 Å². The molecule has 1 amide bonds. The van der Waals surface area contributed by atoms with Gasteiger partial charge in [0.05, 0.1) is 0 Å². The maximum Gasteiger partial charge on any atom is 0.363 e. The van der Waals surface area contributed by atoms with Crippen LogP contribution in [0.25, 0.3) is 0 Å². The molecule has 0 atom stereocenters. The summed E-state index contributed by atoms with van der Waals surface area (Å²) < 4.78 is 13.7. The van der Waals surface area contributed by atoms with Crippen LogP contribution in [0.2, 0.25) is 0 Å². The van der Waals surface area contributed by atoms with Gasteiger partial charge in [-0.2, -0.15) is 0 Å². The molecule has 4 N–H and O–H groups in total. The standard InChI is InChI=1S/C15H17FN4O4/c1-3-17-12-10(14(22)20(24)15(23)19-12)13(21)18-7-9-6-4-5-8(2)11(9)16/h4-6,17,24H,3,7H2,1-2H3,(H,18,21)(H,19,23). The summed E-state index contributed by atoms with van der Waals surface area (Å²) in [5.41, 5.74) is -2.03. The molecular formula is C15H17FN4O4. The van der Waals surface area contributed by atoms with Crippen LogP contribution in [-0.2, 0) is 6.54 Å². The fourth-order valence-electron chi connectivity index (χ4n) is 2.16. The van der Waals surface area contributed by atoms with Crippen molar-refractivity contribution in [2.75, 3.05) is 11.9 Å². The average Bonchev–Trinajstić information content (AvgIpc) is 2.54. The van der Waals surface area contributed by atoms with Crippen molar-refractivity contribution < 1.29 is 14.4 Å². The van der Waals surface area contributed by atoms with E-state index in [2.05, 4.69) is 15.6 Å². The summed E-state index contributed by atoms with van der Waals surface area (Å²) in [6.07, 6.45) is 0. The molecule has 2 rings (SSSR count). The number of anilines is 1. The Kier molecular flexibility index (Phi) is 5.02. The fourth-order valence-corrected chi connectivity index (χ4v) is 2.16. The van der Waals surface area contributed by atoms with Crippen LogP contribution in [0.5, 0.6) is 0 Å². The van der Waals surface area contributed by atoms with Crippen molar-refractivity contribution in [3.63, 3.8) is 0 Å². The molecule has 9 heteroatoms. The van der Waals surface area contributed by atoms with Crippen molar-refractivity contribution in [2.45, 2.75) is 20.4 Å². The molecule has 0 unspecified atom stereocenters. The summed E-state index contributed by atoms with van der Waals surface area (Å²) >= 11 is 0. The molecular weight excluding hydrogens is 319 g/mol. The van der Waals surface area contributed by atoms with Gasteiger partial charge in [-0.25, -0.2) is 9.18 Å². The van der Waals surface area contributed by atoms with Gasteiger partial charge in [0.25, 0.3) is 5.91 Å². The third-order valence-electron chi connectivity index (χ3n) is 3.37. The molecule has 1 heterocycles. The van der Waals surface area contributed by atoms with Crippen LogP contribution < -0.4 is 21.9 Å². The third-order valence-corrected chi connectivity index (χ3v) is 3.37. The summed E-state index contributed by atoms with van der Waals surface area (Å²) in [6.45, 7) is 3.47.